The quantitative estimate of drug-likeness (QED) is 0.921. The highest BCUT2D eigenvalue weighted by Gasteiger charge is 2.33. The van der Waals surface area contributed by atoms with Crippen LogP contribution in [0, 0.1) is 0 Å². The fourth-order valence-electron chi connectivity index (χ4n) is 3.86. The number of benzene rings is 1. The van der Waals surface area contributed by atoms with Crippen LogP contribution in [-0.2, 0) is 4.79 Å². The summed E-state index contributed by atoms with van der Waals surface area (Å²) < 4.78 is 5.87. The summed E-state index contributed by atoms with van der Waals surface area (Å²) in [5.74, 6) is 0.862. The number of hydrogen-bond donors (Lipinski definition) is 1. The first-order chi connectivity index (χ1) is 12.6. The summed E-state index contributed by atoms with van der Waals surface area (Å²) in [6, 6.07) is 11.3. The molecular weight excluding hydrogens is 330 g/mol. The molecule has 1 N–H and O–H groups in total. The van der Waals surface area contributed by atoms with Crippen LogP contribution in [0.5, 0.6) is 0 Å². The predicted molar refractivity (Wildman–Crippen MR) is 98.9 cm³/mol. The average Bonchev–Trinajstić information content (AvgIpc) is 2.94. The van der Waals surface area contributed by atoms with Gasteiger partial charge in [-0.1, -0.05) is 12.1 Å². The molecule has 2 aromatic rings. The summed E-state index contributed by atoms with van der Waals surface area (Å²) in [5, 5.41) is 2.76. The van der Waals surface area contributed by atoms with Crippen LogP contribution in [-0.4, -0.2) is 53.8 Å². The lowest BCUT2D eigenvalue weighted by molar-refractivity contribution is -0.114. The molecule has 3 saturated heterocycles. The lowest BCUT2D eigenvalue weighted by atomic mass is 10.1. The van der Waals surface area contributed by atoms with Gasteiger partial charge in [0.1, 0.15) is 5.76 Å². The van der Waals surface area contributed by atoms with Gasteiger partial charge in [0, 0.05) is 50.4 Å². The smallest absolute Gasteiger partial charge is 0.289 e. The summed E-state index contributed by atoms with van der Waals surface area (Å²) in [5.41, 5.74) is 1.54. The summed E-state index contributed by atoms with van der Waals surface area (Å²) in [7, 11) is 0. The molecule has 2 amide bonds. The number of piperidine rings is 1. The van der Waals surface area contributed by atoms with E-state index in [1.54, 1.807) is 6.07 Å². The van der Waals surface area contributed by atoms with Gasteiger partial charge in [0.15, 0.2) is 5.76 Å². The highest BCUT2D eigenvalue weighted by molar-refractivity contribution is 5.93. The predicted octanol–water partition coefficient (Wildman–Crippen LogP) is 2.83. The zero-order valence-electron chi connectivity index (χ0n) is 14.9. The Hall–Kier alpha value is -2.60. The minimum atomic E-state index is -0.121. The Morgan fingerprint density at radius 1 is 1.08 bits per heavy atom. The number of hydrogen-bond acceptors (Lipinski definition) is 4. The van der Waals surface area contributed by atoms with E-state index in [0.717, 1.165) is 44.6 Å². The number of nitrogens with zero attached hydrogens (tertiary/aromatic N) is 2. The Morgan fingerprint density at radius 2 is 1.88 bits per heavy atom. The van der Waals surface area contributed by atoms with E-state index in [-0.39, 0.29) is 11.8 Å². The number of amides is 2. The molecule has 4 heterocycles. The molecule has 6 heteroatoms. The molecule has 0 radical (unpaired) electrons. The lowest BCUT2D eigenvalue weighted by Crippen LogP contribution is -2.41. The van der Waals surface area contributed by atoms with Crippen molar-refractivity contribution in [3.05, 3.63) is 42.2 Å². The zero-order chi connectivity index (χ0) is 18.1. The largest absolute Gasteiger partial charge is 0.451 e. The molecule has 1 aromatic carbocycles. The summed E-state index contributed by atoms with van der Waals surface area (Å²) in [6.45, 7) is 5.33. The summed E-state index contributed by atoms with van der Waals surface area (Å²) in [4.78, 5) is 28.6. The van der Waals surface area contributed by atoms with Crippen LogP contribution in [0.4, 0.5) is 5.69 Å². The zero-order valence-corrected chi connectivity index (χ0v) is 14.9. The van der Waals surface area contributed by atoms with E-state index in [2.05, 4.69) is 10.2 Å². The molecule has 0 spiro atoms. The van der Waals surface area contributed by atoms with Gasteiger partial charge in [-0.05, 0) is 37.1 Å². The van der Waals surface area contributed by atoms with Gasteiger partial charge < -0.3 is 19.5 Å². The molecule has 0 aliphatic carbocycles. The van der Waals surface area contributed by atoms with E-state index in [1.807, 2.05) is 35.2 Å². The van der Waals surface area contributed by atoms with E-state index in [0.29, 0.717) is 23.2 Å². The SMILES string of the molecule is CC(=O)Nc1cccc(-c2ccc(C(=O)N3CCN4CCC3CC4)o2)c1. The van der Waals surface area contributed by atoms with Crippen molar-refractivity contribution in [2.75, 3.05) is 31.5 Å². The lowest BCUT2D eigenvalue weighted by Gasteiger charge is -2.30. The van der Waals surface area contributed by atoms with Crippen LogP contribution in [0.1, 0.15) is 30.3 Å². The van der Waals surface area contributed by atoms with Gasteiger partial charge in [-0.2, -0.15) is 0 Å². The molecule has 2 bridgehead atoms. The van der Waals surface area contributed by atoms with Gasteiger partial charge in [-0.25, -0.2) is 0 Å². The maximum Gasteiger partial charge on any atom is 0.289 e. The Bertz CT molecular complexity index is 821. The molecule has 0 saturated carbocycles. The number of carbonyl (C=O) groups excluding carboxylic acids is 2. The highest BCUT2D eigenvalue weighted by Crippen LogP contribution is 2.27. The number of carbonyl (C=O) groups is 2. The molecule has 26 heavy (non-hydrogen) atoms. The van der Waals surface area contributed by atoms with E-state index < -0.39 is 0 Å². The van der Waals surface area contributed by atoms with Crippen molar-refractivity contribution in [3.8, 4) is 11.3 Å². The first-order valence-corrected chi connectivity index (χ1v) is 9.11. The Morgan fingerprint density at radius 3 is 2.65 bits per heavy atom. The van der Waals surface area contributed by atoms with Gasteiger partial charge >= 0.3 is 0 Å². The number of rotatable bonds is 3. The molecule has 3 aliphatic rings. The standard InChI is InChI=1S/C20H23N3O3/c1-14(24)21-16-4-2-3-15(13-16)18-5-6-19(26-18)20(25)23-12-11-22-9-7-17(23)8-10-22/h2-6,13,17H,7-12H2,1H3,(H,21,24). The maximum atomic E-state index is 13.0. The van der Waals surface area contributed by atoms with Gasteiger partial charge in [0.25, 0.3) is 5.91 Å². The second-order valence-electron chi connectivity index (χ2n) is 7.00. The van der Waals surface area contributed by atoms with Crippen LogP contribution < -0.4 is 5.32 Å². The van der Waals surface area contributed by atoms with E-state index in [4.69, 9.17) is 4.42 Å². The highest BCUT2D eigenvalue weighted by atomic mass is 16.4. The molecule has 5 rings (SSSR count). The van der Waals surface area contributed by atoms with Crippen LogP contribution in [0.15, 0.2) is 40.8 Å². The second-order valence-corrected chi connectivity index (χ2v) is 7.00. The van der Waals surface area contributed by atoms with Gasteiger partial charge in [0.05, 0.1) is 0 Å². The van der Waals surface area contributed by atoms with Crippen LogP contribution >= 0.6 is 0 Å². The Balaban J connectivity index is 1.54. The van der Waals surface area contributed by atoms with Gasteiger partial charge in [0.2, 0.25) is 5.91 Å². The molecular formula is C20H23N3O3. The number of fused-ring (bicyclic) bond motifs is 4. The summed E-state index contributed by atoms with van der Waals surface area (Å²) in [6.07, 6.45) is 2.08. The third-order valence-corrected chi connectivity index (χ3v) is 5.20. The average molecular weight is 353 g/mol. The Kier molecular flexibility index (Phi) is 4.51. The van der Waals surface area contributed by atoms with Crippen LogP contribution in [0.3, 0.4) is 0 Å². The van der Waals surface area contributed by atoms with Crippen molar-refractivity contribution >= 4 is 17.5 Å². The minimum absolute atomic E-state index is 0.0250. The van der Waals surface area contributed by atoms with Crippen molar-refractivity contribution in [1.82, 2.24) is 9.80 Å². The molecule has 0 atom stereocenters. The fraction of sp³-hybridized carbons (Fsp3) is 0.400. The third-order valence-electron chi connectivity index (χ3n) is 5.20. The molecule has 1 aromatic heterocycles. The minimum Gasteiger partial charge on any atom is -0.451 e. The van der Waals surface area contributed by atoms with Crippen molar-refractivity contribution < 1.29 is 14.0 Å². The number of furan rings is 1. The van der Waals surface area contributed by atoms with Gasteiger partial charge in [-0.3, -0.25) is 9.59 Å². The fourth-order valence-corrected chi connectivity index (χ4v) is 3.86. The van der Waals surface area contributed by atoms with Crippen molar-refractivity contribution in [2.45, 2.75) is 25.8 Å². The first-order valence-electron chi connectivity index (χ1n) is 9.11. The van der Waals surface area contributed by atoms with E-state index >= 15 is 0 Å². The van der Waals surface area contributed by atoms with Crippen molar-refractivity contribution in [1.29, 1.82) is 0 Å². The molecule has 136 valence electrons. The molecule has 6 nitrogen and oxygen atoms in total. The molecule has 3 aliphatic heterocycles. The number of anilines is 1. The van der Waals surface area contributed by atoms with E-state index in [1.165, 1.54) is 6.92 Å². The maximum absolute atomic E-state index is 13.0. The van der Waals surface area contributed by atoms with Crippen molar-refractivity contribution in [3.63, 3.8) is 0 Å². The number of nitrogens with one attached hydrogen (secondary N) is 1. The third kappa shape index (κ3) is 3.37. The monoisotopic (exact) mass is 353 g/mol. The van der Waals surface area contributed by atoms with Crippen LogP contribution in [0.25, 0.3) is 11.3 Å². The topological polar surface area (TPSA) is 65.8 Å². The van der Waals surface area contributed by atoms with Crippen molar-refractivity contribution in [2.24, 2.45) is 0 Å². The molecule has 0 unspecified atom stereocenters. The van der Waals surface area contributed by atoms with Gasteiger partial charge in [-0.15, -0.1) is 0 Å². The Labute approximate surface area is 152 Å². The first kappa shape index (κ1) is 16.8. The normalized spacial score (nSPS) is 22.1. The summed E-state index contributed by atoms with van der Waals surface area (Å²) >= 11 is 0. The van der Waals surface area contributed by atoms with Crippen LogP contribution in [0.2, 0.25) is 0 Å². The van der Waals surface area contributed by atoms with E-state index in [9.17, 15) is 9.59 Å². The second kappa shape index (κ2) is 6.96. The molecule has 3 fully saturated rings.